The van der Waals surface area contributed by atoms with Crippen molar-refractivity contribution in [2.45, 2.75) is 31.8 Å². The van der Waals surface area contributed by atoms with Gasteiger partial charge in [0.1, 0.15) is 6.10 Å². The van der Waals surface area contributed by atoms with Gasteiger partial charge in [-0.1, -0.05) is 0 Å². The van der Waals surface area contributed by atoms with E-state index in [1.165, 1.54) is 0 Å². The summed E-state index contributed by atoms with van der Waals surface area (Å²) in [7, 11) is 3.90. The molecule has 6 heteroatoms. The largest absolute Gasteiger partial charge is 0.485 e. The minimum absolute atomic E-state index is 0.0478. The van der Waals surface area contributed by atoms with E-state index in [0.717, 1.165) is 50.6 Å². The first-order valence-electron chi connectivity index (χ1n) is 8.78. The first kappa shape index (κ1) is 17.0. The van der Waals surface area contributed by atoms with E-state index < -0.39 is 0 Å². The standard InChI is InChI=1S/C18H27N3O3/c1-20(2)18-16(4-3-9-19-18)24-15-7-10-21(12-15)17(22)6-5-14-8-11-23-13-14/h3-4,9,14-15H,5-8,10-13H2,1-2H3/t14-,15-/m0/s1. The number of rotatable bonds is 6. The molecule has 3 heterocycles. The van der Waals surface area contributed by atoms with Crippen LogP contribution < -0.4 is 9.64 Å². The maximum Gasteiger partial charge on any atom is 0.222 e. The third-order valence-corrected chi connectivity index (χ3v) is 4.76. The van der Waals surface area contributed by atoms with Crippen LogP contribution in [0.4, 0.5) is 5.82 Å². The predicted octanol–water partition coefficient (Wildman–Crippen LogP) is 1.94. The lowest BCUT2D eigenvalue weighted by Crippen LogP contribution is -2.31. The molecular weight excluding hydrogens is 306 g/mol. The lowest BCUT2D eigenvalue weighted by molar-refractivity contribution is -0.130. The number of aromatic nitrogens is 1. The van der Waals surface area contributed by atoms with Gasteiger partial charge in [-0.15, -0.1) is 0 Å². The zero-order valence-corrected chi connectivity index (χ0v) is 14.6. The van der Waals surface area contributed by atoms with Crippen molar-refractivity contribution in [3.8, 4) is 5.75 Å². The first-order valence-corrected chi connectivity index (χ1v) is 8.78. The first-order chi connectivity index (χ1) is 11.6. The molecule has 0 unspecified atom stereocenters. The minimum atomic E-state index is 0.0478. The summed E-state index contributed by atoms with van der Waals surface area (Å²) in [6.07, 6.45) is 5.34. The van der Waals surface area contributed by atoms with Crippen LogP contribution in [0.15, 0.2) is 18.3 Å². The van der Waals surface area contributed by atoms with Crippen LogP contribution in [0.3, 0.4) is 0 Å². The summed E-state index contributed by atoms with van der Waals surface area (Å²) in [5, 5.41) is 0. The van der Waals surface area contributed by atoms with Gasteiger partial charge in [0.2, 0.25) is 5.91 Å². The maximum absolute atomic E-state index is 12.4. The van der Waals surface area contributed by atoms with Crippen molar-refractivity contribution < 1.29 is 14.3 Å². The van der Waals surface area contributed by atoms with Crippen molar-refractivity contribution >= 4 is 11.7 Å². The Morgan fingerprint density at radius 3 is 3.08 bits per heavy atom. The van der Waals surface area contributed by atoms with Crippen LogP contribution in [-0.2, 0) is 9.53 Å². The number of carbonyl (C=O) groups is 1. The summed E-state index contributed by atoms with van der Waals surface area (Å²) in [6.45, 7) is 3.11. The third kappa shape index (κ3) is 4.17. The molecule has 0 radical (unpaired) electrons. The Bertz CT molecular complexity index is 558. The molecule has 2 fully saturated rings. The van der Waals surface area contributed by atoms with Gasteiger partial charge >= 0.3 is 0 Å². The second kappa shape index (κ2) is 7.83. The number of ether oxygens (including phenoxy) is 2. The Balaban J connectivity index is 1.49. The summed E-state index contributed by atoms with van der Waals surface area (Å²) in [5.74, 6) is 2.40. The Hall–Kier alpha value is -1.82. The van der Waals surface area contributed by atoms with Crippen LogP contribution in [0.2, 0.25) is 0 Å². The Kier molecular flexibility index (Phi) is 5.56. The Morgan fingerprint density at radius 1 is 1.46 bits per heavy atom. The minimum Gasteiger partial charge on any atom is -0.485 e. The molecule has 2 aliphatic rings. The van der Waals surface area contributed by atoms with Gasteiger partial charge < -0.3 is 19.3 Å². The van der Waals surface area contributed by atoms with Gasteiger partial charge in [0, 0.05) is 52.9 Å². The average molecular weight is 333 g/mol. The average Bonchev–Trinajstić information content (AvgIpc) is 3.24. The second-order valence-electron chi connectivity index (χ2n) is 6.86. The molecule has 0 N–H and O–H groups in total. The van der Waals surface area contributed by atoms with E-state index >= 15 is 0 Å². The molecular formula is C18H27N3O3. The zero-order valence-electron chi connectivity index (χ0n) is 14.6. The van der Waals surface area contributed by atoms with E-state index in [0.29, 0.717) is 18.9 Å². The highest BCUT2D eigenvalue weighted by atomic mass is 16.5. The third-order valence-electron chi connectivity index (χ3n) is 4.76. The molecule has 24 heavy (non-hydrogen) atoms. The molecule has 0 aliphatic carbocycles. The normalized spacial score (nSPS) is 23.5. The molecule has 1 aromatic rings. The van der Waals surface area contributed by atoms with Crippen molar-refractivity contribution in [2.75, 3.05) is 45.3 Å². The van der Waals surface area contributed by atoms with Gasteiger partial charge in [0.25, 0.3) is 0 Å². The maximum atomic E-state index is 12.4. The highest BCUT2D eigenvalue weighted by Crippen LogP contribution is 2.27. The van der Waals surface area contributed by atoms with Gasteiger partial charge in [0.05, 0.1) is 6.54 Å². The fourth-order valence-electron chi connectivity index (χ4n) is 3.34. The van der Waals surface area contributed by atoms with Gasteiger partial charge in [-0.05, 0) is 30.9 Å². The summed E-state index contributed by atoms with van der Waals surface area (Å²) >= 11 is 0. The molecule has 1 aromatic heterocycles. The SMILES string of the molecule is CN(C)c1ncccc1O[C@H]1CCN(C(=O)CC[C@H]2CCOC2)C1. The number of hydrogen-bond acceptors (Lipinski definition) is 5. The highest BCUT2D eigenvalue weighted by Gasteiger charge is 2.29. The molecule has 2 atom stereocenters. The number of likely N-dealkylation sites (tertiary alicyclic amines) is 1. The monoisotopic (exact) mass is 333 g/mol. The van der Waals surface area contributed by atoms with Crippen molar-refractivity contribution in [3.63, 3.8) is 0 Å². The Labute approximate surface area is 143 Å². The number of nitrogens with zero attached hydrogens (tertiary/aromatic N) is 3. The van der Waals surface area contributed by atoms with Crippen molar-refractivity contribution in [1.29, 1.82) is 0 Å². The van der Waals surface area contributed by atoms with Crippen molar-refractivity contribution in [2.24, 2.45) is 5.92 Å². The molecule has 0 saturated carbocycles. The van der Waals surface area contributed by atoms with Crippen LogP contribution in [-0.4, -0.2) is 62.3 Å². The smallest absolute Gasteiger partial charge is 0.222 e. The van der Waals surface area contributed by atoms with Gasteiger partial charge in [0.15, 0.2) is 11.6 Å². The quantitative estimate of drug-likeness (QED) is 0.796. The fourth-order valence-corrected chi connectivity index (χ4v) is 3.34. The number of carbonyl (C=O) groups excluding carboxylic acids is 1. The summed E-state index contributed by atoms with van der Waals surface area (Å²) in [6, 6.07) is 3.82. The molecule has 132 valence electrons. The van der Waals surface area contributed by atoms with Gasteiger partial charge in [-0.3, -0.25) is 4.79 Å². The van der Waals surface area contributed by atoms with E-state index in [1.54, 1.807) is 6.20 Å². The topological polar surface area (TPSA) is 54.9 Å². The van der Waals surface area contributed by atoms with Gasteiger partial charge in [-0.25, -0.2) is 4.98 Å². The molecule has 0 bridgehead atoms. The highest BCUT2D eigenvalue weighted by molar-refractivity contribution is 5.76. The number of pyridine rings is 1. The molecule has 0 aromatic carbocycles. The summed E-state index contributed by atoms with van der Waals surface area (Å²) < 4.78 is 11.5. The van der Waals surface area contributed by atoms with Crippen LogP contribution in [0.1, 0.15) is 25.7 Å². The Morgan fingerprint density at radius 2 is 2.33 bits per heavy atom. The van der Waals surface area contributed by atoms with Crippen LogP contribution >= 0.6 is 0 Å². The van der Waals surface area contributed by atoms with Crippen LogP contribution in [0, 0.1) is 5.92 Å². The molecule has 2 aliphatic heterocycles. The lowest BCUT2D eigenvalue weighted by Gasteiger charge is -2.20. The van der Waals surface area contributed by atoms with Gasteiger partial charge in [-0.2, -0.15) is 0 Å². The predicted molar refractivity (Wildman–Crippen MR) is 92.3 cm³/mol. The number of amides is 1. The van der Waals surface area contributed by atoms with Crippen molar-refractivity contribution in [3.05, 3.63) is 18.3 Å². The van der Waals surface area contributed by atoms with Crippen molar-refractivity contribution in [1.82, 2.24) is 9.88 Å². The lowest BCUT2D eigenvalue weighted by atomic mass is 10.0. The molecule has 6 nitrogen and oxygen atoms in total. The number of anilines is 1. The molecule has 3 rings (SSSR count). The zero-order chi connectivity index (χ0) is 16.9. The van der Waals surface area contributed by atoms with E-state index in [2.05, 4.69) is 4.98 Å². The molecule has 2 saturated heterocycles. The van der Waals surface area contributed by atoms with Crippen LogP contribution in [0.25, 0.3) is 0 Å². The second-order valence-corrected chi connectivity index (χ2v) is 6.86. The van der Waals surface area contributed by atoms with E-state index in [4.69, 9.17) is 9.47 Å². The van der Waals surface area contributed by atoms with E-state index in [-0.39, 0.29) is 12.0 Å². The summed E-state index contributed by atoms with van der Waals surface area (Å²) in [5.41, 5.74) is 0. The van der Waals surface area contributed by atoms with Crippen LogP contribution in [0.5, 0.6) is 5.75 Å². The van der Waals surface area contributed by atoms with E-state index in [1.807, 2.05) is 36.0 Å². The molecule has 0 spiro atoms. The summed E-state index contributed by atoms with van der Waals surface area (Å²) in [4.78, 5) is 20.6. The van der Waals surface area contributed by atoms with E-state index in [9.17, 15) is 4.79 Å². The fraction of sp³-hybridized carbons (Fsp3) is 0.667. The molecule has 1 amide bonds. The number of hydrogen-bond donors (Lipinski definition) is 0.